The summed E-state index contributed by atoms with van der Waals surface area (Å²) < 4.78 is 134. The molecule has 0 aliphatic carbocycles. The summed E-state index contributed by atoms with van der Waals surface area (Å²) in [6, 6.07) is 6.25. The SMILES string of the molecule is COc1ccc(Cl)cc1-c1ccc(C(F)(F)F)cc1[C@@H]1CCC[C@H]2[C@@H](c3cc(C(F)(F)F)cc(C(F)(F)F)c3)OC(=O)N12. The van der Waals surface area contributed by atoms with E-state index in [9.17, 15) is 44.3 Å². The molecule has 2 heterocycles. The molecule has 3 aromatic carbocycles. The van der Waals surface area contributed by atoms with Gasteiger partial charge in [-0.25, -0.2) is 4.79 Å². The molecule has 0 unspecified atom stereocenters. The van der Waals surface area contributed by atoms with E-state index in [1.807, 2.05) is 0 Å². The second kappa shape index (κ2) is 10.8. The minimum atomic E-state index is -5.13. The molecule has 230 valence electrons. The van der Waals surface area contributed by atoms with Crippen LogP contribution >= 0.6 is 11.6 Å². The summed E-state index contributed by atoms with van der Waals surface area (Å²) >= 11 is 6.17. The van der Waals surface area contributed by atoms with Crippen LogP contribution in [0, 0.1) is 0 Å². The van der Waals surface area contributed by atoms with Crippen molar-refractivity contribution < 1.29 is 53.8 Å². The van der Waals surface area contributed by atoms with Gasteiger partial charge in [0.1, 0.15) is 11.9 Å². The Morgan fingerprint density at radius 2 is 1.42 bits per heavy atom. The number of fused-ring (bicyclic) bond motifs is 1. The van der Waals surface area contributed by atoms with Crippen LogP contribution in [-0.2, 0) is 23.3 Å². The molecule has 2 saturated heterocycles. The number of carbonyl (C=O) groups is 1. The Labute approximate surface area is 243 Å². The summed E-state index contributed by atoms with van der Waals surface area (Å²) in [6.07, 6.45) is -17.1. The van der Waals surface area contributed by atoms with Gasteiger partial charge in [-0.3, -0.25) is 4.90 Å². The van der Waals surface area contributed by atoms with Crippen LogP contribution in [0.5, 0.6) is 5.75 Å². The Hall–Kier alpha value is -3.61. The predicted molar refractivity (Wildman–Crippen MR) is 136 cm³/mol. The fraction of sp³-hybridized carbons (Fsp3) is 0.345. The van der Waals surface area contributed by atoms with Crippen LogP contribution < -0.4 is 4.74 Å². The molecule has 0 spiro atoms. The number of cyclic esters (lactones) is 1. The van der Waals surface area contributed by atoms with Gasteiger partial charge in [-0.2, -0.15) is 39.5 Å². The second-order valence-corrected chi connectivity index (χ2v) is 10.6. The van der Waals surface area contributed by atoms with E-state index in [-0.39, 0.29) is 47.2 Å². The van der Waals surface area contributed by atoms with Gasteiger partial charge in [0.05, 0.1) is 35.9 Å². The number of benzene rings is 3. The van der Waals surface area contributed by atoms with Crippen molar-refractivity contribution in [2.75, 3.05) is 7.11 Å². The number of ether oxygens (including phenoxy) is 2. The average molecular weight is 638 g/mol. The van der Waals surface area contributed by atoms with Crippen LogP contribution in [0.25, 0.3) is 11.1 Å². The molecule has 0 N–H and O–H groups in total. The van der Waals surface area contributed by atoms with Gasteiger partial charge >= 0.3 is 24.6 Å². The highest BCUT2D eigenvalue weighted by atomic mass is 35.5. The van der Waals surface area contributed by atoms with Gasteiger partial charge in [-0.1, -0.05) is 17.7 Å². The first kappa shape index (κ1) is 30.8. The maximum atomic E-state index is 13.8. The Morgan fingerprint density at radius 1 is 0.791 bits per heavy atom. The number of piperidine rings is 1. The molecule has 2 fully saturated rings. The van der Waals surface area contributed by atoms with Crippen molar-refractivity contribution in [2.24, 2.45) is 0 Å². The maximum Gasteiger partial charge on any atom is 0.416 e. The molecule has 0 saturated carbocycles. The van der Waals surface area contributed by atoms with E-state index >= 15 is 0 Å². The lowest BCUT2D eigenvalue weighted by Crippen LogP contribution is -2.41. The number of nitrogens with zero attached hydrogens (tertiary/aromatic N) is 1. The molecule has 2 aliphatic heterocycles. The Kier molecular flexibility index (Phi) is 7.77. The van der Waals surface area contributed by atoms with E-state index in [4.69, 9.17) is 21.1 Å². The molecule has 3 atom stereocenters. The summed E-state index contributed by atoms with van der Waals surface area (Å²) in [7, 11) is 1.35. The van der Waals surface area contributed by atoms with Crippen LogP contribution in [0.1, 0.15) is 59.2 Å². The first-order valence-corrected chi connectivity index (χ1v) is 13.2. The normalized spacial score (nSPS) is 21.0. The lowest BCUT2D eigenvalue weighted by molar-refractivity contribution is -0.143. The van der Waals surface area contributed by atoms with Crippen LogP contribution in [0.3, 0.4) is 0 Å². The largest absolute Gasteiger partial charge is 0.496 e. The molecule has 5 rings (SSSR count). The molecular weight excluding hydrogens is 617 g/mol. The molecule has 43 heavy (non-hydrogen) atoms. The first-order valence-electron chi connectivity index (χ1n) is 12.8. The summed E-state index contributed by atoms with van der Waals surface area (Å²) in [5.41, 5.74) is -4.10. The number of hydrogen-bond acceptors (Lipinski definition) is 3. The summed E-state index contributed by atoms with van der Waals surface area (Å²) in [5.74, 6) is 0.267. The minimum absolute atomic E-state index is 0.0327. The van der Waals surface area contributed by atoms with Crippen molar-refractivity contribution in [3.8, 4) is 16.9 Å². The number of alkyl halides is 9. The predicted octanol–water partition coefficient (Wildman–Crippen LogP) is 9.86. The highest BCUT2D eigenvalue weighted by molar-refractivity contribution is 6.31. The van der Waals surface area contributed by atoms with Crippen molar-refractivity contribution in [1.82, 2.24) is 4.90 Å². The highest BCUT2D eigenvalue weighted by Gasteiger charge is 2.50. The zero-order valence-electron chi connectivity index (χ0n) is 22.0. The third-order valence-electron chi connectivity index (χ3n) is 7.59. The molecule has 3 aromatic rings. The zero-order valence-corrected chi connectivity index (χ0v) is 22.8. The van der Waals surface area contributed by atoms with E-state index in [1.165, 1.54) is 31.4 Å². The minimum Gasteiger partial charge on any atom is -0.496 e. The van der Waals surface area contributed by atoms with Gasteiger partial charge in [-0.15, -0.1) is 0 Å². The fourth-order valence-electron chi connectivity index (χ4n) is 5.73. The van der Waals surface area contributed by atoms with Gasteiger partial charge in [0.2, 0.25) is 0 Å². The van der Waals surface area contributed by atoms with Gasteiger partial charge in [-0.05, 0) is 84.5 Å². The number of halogens is 10. The lowest BCUT2D eigenvalue weighted by atomic mass is 9.84. The summed E-state index contributed by atoms with van der Waals surface area (Å²) in [5, 5.41) is 0.244. The fourth-order valence-corrected chi connectivity index (χ4v) is 5.90. The second-order valence-electron chi connectivity index (χ2n) is 10.2. The average Bonchev–Trinajstić information content (AvgIpc) is 3.27. The Balaban J connectivity index is 1.64. The molecule has 4 nitrogen and oxygen atoms in total. The van der Waals surface area contributed by atoms with E-state index in [0.29, 0.717) is 17.7 Å². The van der Waals surface area contributed by atoms with Crippen LogP contribution in [-0.4, -0.2) is 24.1 Å². The molecule has 0 radical (unpaired) electrons. The van der Waals surface area contributed by atoms with E-state index in [2.05, 4.69) is 0 Å². The number of methoxy groups -OCH3 is 1. The smallest absolute Gasteiger partial charge is 0.416 e. The molecule has 2 aliphatic rings. The van der Waals surface area contributed by atoms with E-state index in [1.54, 1.807) is 0 Å². The van der Waals surface area contributed by atoms with Crippen molar-refractivity contribution in [1.29, 1.82) is 0 Å². The highest BCUT2D eigenvalue weighted by Crippen LogP contribution is 2.50. The number of amides is 1. The van der Waals surface area contributed by atoms with Gasteiger partial charge < -0.3 is 9.47 Å². The van der Waals surface area contributed by atoms with Crippen LogP contribution in [0.2, 0.25) is 5.02 Å². The van der Waals surface area contributed by atoms with Crippen molar-refractivity contribution in [3.05, 3.63) is 87.4 Å². The number of hydrogen-bond donors (Lipinski definition) is 0. The van der Waals surface area contributed by atoms with Gasteiger partial charge in [0, 0.05) is 10.6 Å². The third-order valence-corrected chi connectivity index (χ3v) is 7.82. The van der Waals surface area contributed by atoms with Crippen LogP contribution in [0.4, 0.5) is 44.3 Å². The number of rotatable bonds is 4. The lowest BCUT2D eigenvalue weighted by Gasteiger charge is -2.38. The van der Waals surface area contributed by atoms with E-state index in [0.717, 1.165) is 17.0 Å². The quantitative estimate of drug-likeness (QED) is 0.267. The van der Waals surface area contributed by atoms with Crippen LogP contribution in [0.15, 0.2) is 54.6 Å². The van der Waals surface area contributed by atoms with Gasteiger partial charge in [0.25, 0.3) is 0 Å². The molecule has 14 heteroatoms. The standard InChI is InChI=1S/C29H21ClF9NO3/c1-42-24-8-6-18(30)13-21(24)19-7-5-15(27(31,32)33)12-20(19)22-3-2-4-23-25(43-26(41)40(22)23)14-9-16(28(34,35)36)11-17(10-14)29(37,38)39/h5-13,22-23,25H,2-4H2,1H3/t22-,23-,25+/m0/s1. The molecular formula is C29H21ClF9NO3. The zero-order chi connectivity index (χ0) is 31.5. The molecule has 0 aromatic heterocycles. The topological polar surface area (TPSA) is 38.8 Å². The van der Waals surface area contributed by atoms with Gasteiger partial charge in [0.15, 0.2) is 0 Å². The summed E-state index contributed by atoms with van der Waals surface area (Å²) in [4.78, 5) is 14.3. The van der Waals surface area contributed by atoms with Crippen molar-refractivity contribution in [2.45, 2.75) is 56.0 Å². The molecule has 0 bridgehead atoms. The van der Waals surface area contributed by atoms with Crippen molar-refractivity contribution >= 4 is 17.7 Å². The Morgan fingerprint density at radius 3 is 2.00 bits per heavy atom. The summed E-state index contributed by atoms with van der Waals surface area (Å²) in [6.45, 7) is 0. The maximum absolute atomic E-state index is 13.8. The molecule has 1 amide bonds. The number of carbonyl (C=O) groups excluding carboxylic acids is 1. The van der Waals surface area contributed by atoms with Crippen molar-refractivity contribution in [3.63, 3.8) is 0 Å². The third kappa shape index (κ3) is 5.96. The Bertz CT molecular complexity index is 1520. The first-order chi connectivity index (χ1) is 20.0. The monoisotopic (exact) mass is 637 g/mol. The van der Waals surface area contributed by atoms with E-state index < -0.39 is 65.1 Å².